The number of carboxylic acid groups (broad SMARTS) is 1. The maximum absolute atomic E-state index is 14.5. The van der Waals surface area contributed by atoms with Crippen molar-refractivity contribution in [1.82, 2.24) is 15.1 Å². The molecule has 1 aromatic heterocycles. The van der Waals surface area contributed by atoms with Gasteiger partial charge in [-0.25, -0.2) is 4.39 Å². The molecule has 0 saturated carbocycles. The number of hydrogen-bond donors (Lipinski definition) is 2. The number of Topliss-reactive ketones (excluding diaryl/α,β-unsaturated/α-hetero) is 1. The molecule has 0 saturated heterocycles. The molecule has 0 spiro atoms. The van der Waals surface area contributed by atoms with Gasteiger partial charge in [-0.1, -0.05) is 62.7 Å². The second-order valence-corrected chi connectivity index (χ2v) is 9.23. The van der Waals surface area contributed by atoms with Crippen LogP contribution < -0.4 is 10.1 Å². The van der Waals surface area contributed by atoms with Gasteiger partial charge < -0.3 is 15.2 Å². The largest absolute Gasteiger partial charge is 0.481 e. The van der Waals surface area contributed by atoms with E-state index < -0.39 is 29.2 Å². The van der Waals surface area contributed by atoms with Crippen molar-refractivity contribution in [3.05, 3.63) is 77.2 Å². The summed E-state index contributed by atoms with van der Waals surface area (Å²) in [6.07, 6.45) is -0.341. The van der Waals surface area contributed by atoms with Crippen LogP contribution in [0.4, 0.5) is 4.39 Å². The van der Waals surface area contributed by atoms with Gasteiger partial charge in [-0.05, 0) is 24.6 Å². The third kappa shape index (κ3) is 6.53. The lowest BCUT2D eigenvalue weighted by molar-refractivity contribution is -0.137. The highest BCUT2D eigenvalue weighted by Crippen LogP contribution is 2.24. The molecular weight excluding hydrogens is 453 g/mol. The van der Waals surface area contributed by atoms with Crippen LogP contribution in [0.5, 0.6) is 5.88 Å². The third-order valence-electron chi connectivity index (χ3n) is 5.34. The SMILES string of the molecule is Cc1ccc([C@H](CC(=O)O)NC(=O)c2cc(OCC(=O)C(C)(C)C)n(-c3ccccc3F)n2)cc1. The van der Waals surface area contributed by atoms with Gasteiger partial charge in [0.2, 0.25) is 5.88 Å². The van der Waals surface area contributed by atoms with E-state index in [0.29, 0.717) is 5.56 Å². The molecule has 0 bridgehead atoms. The quantitative estimate of drug-likeness (QED) is 0.473. The number of aromatic nitrogens is 2. The predicted molar refractivity (Wildman–Crippen MR) is 127 cm³/mol. The number of hydrogen-bond acceptors (Lipinski definition) is 5. The van der Waals surface area contributed by atoms with E-state index in [1.165, 1.54) is 24.3 Å². The Morgan fingerprint density at radius 1 is 1.11 bits per heavy atom. The van der Waals surface area contributed by atoms with Gasteiger partial charge in [0.05, 0.1) is 12.5 Å². The van der Waals surface area contributed by atoms with E-state index in [9.17, 15) is 23.9 Å². The molecule has 0 aliphatic heterocycles. The lowest BCUT2D eigenvalue weighted by atomic mass is 9.91. The zero-order chi connectivity index (χ0) is 25.8. The first-order valence-electron chi connectivity index (χ1n) is 11.1. The Labute approximate surface area is 202 Å². The summed E-state index contributed by atoms with van der Waals surface area (Å²) >= 11 is 0. The normalized spacial score (nSPS) is 12.1. The number of carbonyl (C=O) groups excluding carboxylic acids is 2. The second kappa shape index (κ2) is 10.5. The summed E-state index contributed by atoms with van der Waals surface area (Å²) in [6.45, 7) is 6.85. The number of carboxylic acids is 1. The summed E-state index contributed by atoms with van der Waals surface area (Å²) in [5, 5.41) is 16.2. The highest BCUT2D eigenvalue weighted by Gasteiger charge is 2.25. The van der Waals surface area contributed by atoms with Gasteiger partial charge in [0.15, 0.2) is 11.5 Å². The number of nitrogens with one attached hydrogen (secondary N) is 1. The molecule has 0 fully saturated rings. The summed E-state index contributed by atoms with van der Waals surface area (Å²) in [6, 6.07) is 13.4. The van der Waals surface area contributed by atoms with Crippen molar-refractivity contribution in [3.8, 4) is 11.6 Å². The van der Waals surface area contributed by atoms with Crippen LogP contribution in [0.25, 0.3) is 5.69 Å². The Balaban J connectivity index is 1.93. The number of para-hydroxylation sites is 1. The zero-order valence-electron chi connectivity index (χ0n) is 20.0. The summed E-state index contributed by atoms with van der Waals surface area (Å²) in [5.74, 6) is -2.54. The summed E-state index contributed by atoms with van der Waals surface area (Å²) in [5.41, 5.74) is 0.872. The Morgan fingerprint density at radius 3 is 2.37 bits per heavy atom. The topological polar surface area (TPSA) is 111 Å². The molecule has 3 rings (SSSR count). The molecule has 35 heavy (non-hydrogen) atoms. The Hall–Kier alpha value is -4.01. The Morgan fingerprint density at radius 2 is 1.77 bits per heavy atom. The molecule has 3 aromatic rings. The van der Waals surface area contributed by atoms with Crippen LogP contribution in [0.1, 0.15) is 54.8 Å². The van der Waals surface area contributed by atoms with E-state index in [4.69, 9.17) is 4.74 Å². The number of rotatable bonds is 9. The minimum absolute atomic E-state index is 0.00275. The molecular formula is C26H28FN3O5. The van der Waals surface area contributed by atoms with Crippen LogP contribution in [-0.2, 0) is 9.59 Å². The molecule has 8 nitrogen and oxygen atoms in total. The first-order valence-corrected chi connectivity index (χ1v) is 11.1. The fourth-order valence-electron chi connectivity index (χ4n) is 3.19. The molecule has 0 aliphatic rings. The van der Waals surface area contributed by atoms with Crippen molar-refractivity contribution in [2.75, 3.05) is 6.61 Å². The van der Waals surface area contributed by atoms with Crippen LogP contribution in [0.3, 0.4) is 0 Å². The van der Waals surface area contributed by atoms with Gasteiger partial charge in [0.25, 0.3) is 5.91 Å². The number of benzene rings is 2. The number of nitrogens with zero attached hydrogens (tertiary/aromatic N) is 2. The van der Waals surface area contributed by atoms with E-state index in [-0.39, 0.29) is 36.1 Å². The smallest absolute Gasteiger partial charge is 0.305 e. The lowest BCUT2D eigenvalue weighted by Crippen LogP contribution is -2.30. The van der Waals surface area contributed by atoms with Crippen molar-refractivity contribution >= 4 is 17.7 Å². The number of ether oxygens (including phenoxy) is 1. The fraction of sp³-hybridized carbons (Fsp3) is 0.308. The van der Waals surface area contributed by atoms with Crippen LogP contribution in [0, 0.1) is 18.2 Å². The fourth-order valence-corrected chi connectivity index (χ4v) is 3.19. The molecule has 184 valence electrons. The molecule has 2 N–H and O–H groups in total. The standard InChI is InChI=1S/C26H28FN3O5/c1-16-9-11-17(12-10-16)19(14-24(32)33)28-25(34)20-13-23(35-15-22(31)26(2,3)4)30(29-20)21-8-6-5-7-18(21)27/h5-13,19H,14-15H2,1-4H3,(H,28,34)(H,32,33)/t19-/m0/s1. The van der Waals surface area contributed by atoms with E-state index >= 15 is 0 Å². The van der Waals surface area contributed by atoms with Crippen LogP contribution in [0.15, 0.2) is 54.6 Å². The first kappa shape index (κ1) is 25.6. The van der Waals surface area contributed by atoms with Crippen LogP contribution in [0.2, 0.25) is 0 Å². The highest BCUT2D eigenvalue weighted by molar-refractivity contribution is 5.93. The maximum atomic E-state index is 14.5. The van der Waals surface area contributed by atoms with Crippen molar-refractivity contribution in [2.24, 2.45) is 5.41 Å². The van der Waals surface area contributed by atoms with Gasteiger partial charge in [0.1, 0.15) is 18.1 Å². The molecule has 9 heteroatoms. The number of amides is 1. The molecule has 0 aliphatic carbocycles. The molecule has 1 atom stereocenters. The van der Waals surface area contributed by atoms with Crippen molar-refractivity contribution in [2.45, 2.75) is 40.2 Å². The molecule has 0 unspecified atom stereocenters. The number of ketones is 1. The number of aliphatic carboxylic acids is 1. The zero-order valence-corrected chi connectivity index (χ0v) is 20.0. The minimum atomic E-state index is -1.09. The number of halogens is 1. The lowest BCUT2D eigenvalue weighted by Gasteiger charge is -2.17. The predicted octanol–water partition coefficient (Wildman–Crippen LogP) is 4.26. The van der Waals surface area contributed by atoms with E-state index in [2.05, 4.69) is 10.4 Å². The average molecular weight is 482 g/mol. The van der Waals surface area contributed by atoms with Crippen molar-refractivity contribution in [3.63, 3.8) is 0 Å². The van der Waals surface area contributed by atoms with E-state index in [1.54, 1.807) is 39.0 Å². The van der Waals surface area contributed by atoms with Gasteiger partial charge in [-0.3, -0.25) is 14.4 Å². The maximum Gasteiger partial charge on any atom is 0.305 e. The van der Waals surface area contributed by atoms with Gasteiger partial charge in [-0.15, -0.1) is 0 Å². The van der Waals surface area contributed by atoms with E-state index in [1.807, 2.05) is 19.1 Å². The van der Waals surface area contributed by atoms with Gasteiger partial charge in [-0.2, -0.15) is 9.78 Å². The summed E-state index contributed by atoms with van der Waals surface area (Å²) in [7, 11) is 0. The van der Waals surface area contributed by atoms with Gasteiger partial charge >= 0.3 is 5.97 Å². The van der Waals surface area contributed by atoms with Crippen LogP contribution in [-0.4, -0.2) is 39.2 Å². The number of carbonyl (C=O) groups is 3. The van der Waals surface area contributed by atoms with Crippen LogP contribution >= 0.6 is 0 Å². The Bertz CT molecular complexity index is 1230. The Kier molecular flexibility index (Phi) is 7.68. The first-order chi connectivity index (χ1) is 16.5. The summed E-state index contributed by atoms with van der Waals surface area (Å²) in [4.78, 5) is 36.8. The third-order valence-corrected chi connectivity index (χ3v) is 5.34. The monoisotopic (exact) mass is 481 g/mol. The summed E-state index contributed by atoms with van der Waals surface area (Å²) < 4.78 is 21.3. The number of aryl methyl sites for hydroxylation is 1. The second-order valence-electron chi connectivity index (χ2n) is 9.23. The van der Waals surface area contributed by atoms with Gasteiger partial charge in [0, 0.05) is 11.5 Å². The van der Waals surface area contributed by atoms with E-state index in [0.717, 1.165) is 10.2 Å². The highest BCUT2D eigenvalue weighted by atomic mass is 19.1. The van der Waals surface area contributed by atoms with Crippen molar-refractivity contribution < 1.29 is 28.6 Å². The van der Waals surface area contributed by atoms with Crippen molar-refractivity contribution in [1.29, 1.82) is 0 Å². The minimum Gasteiger partial charge on any atom is -0.481 e. The average Bonchev–Trinajstić information content (AvgIpc) is 3.21. The molecule has 2 aromatic carbocycles. The molecule has 0 radical (unpaired) electrons. The molecule has 1 amide bonds. The molecule has 1 heterocycles.